The molecule has 0 amide bonds. The fraction of sp³-hybridized carbons (Fsp3) is 0.562. The standard InChI is InChI=1S/C16H28N4.HI/c1-5-10-20(6-2)11-9-18-16(17)19-15-8-7-13(3)14(4)12-15;/h7-8,12H,5-6,9-11H2,1-4H3,(H3,17,18,19);1H. The third kappa shape index (κ3) is 7.66. The van der Waals surface area contributed by atoms with Crippen molar-refractivity contribution in [2.75, 3.05) is 31.5 Å². The van der Waals surface area contributed by atoms with Crippen LogP contribution in [0.5, 0.6) is 0 Å². The first-order chi connectivity index (χ1) is 9.56. The molecule has 1 aromatic carbocycles. The van der Waals surface area contributed by atoms with Crippen molar-refractivity contribution in [3.8, 4) is 0 Å². The van der Waals surface area contributed by atoms with Gasteiger partial charge in [0.25, 0.3) is 0 Å². The fourth-order valence-corrected chi connectivity index (χ4v) is 2.06. The van der Waals surface area contributed by atoms with Gasteiger partial charge in [-0.1, -0.05) is 19.9 Å². The number of anilines is 1. The smallest absolute Gasteiger partial charge is 0.193 e. The van der Waals surface area contributed by atoms with Gasteiger partial charge in [-0.05, 0) is 56.6 Å². The van der Waals surface area contributed by atoms with Gasteiger partial charge in [-0.3, -0.25) is 4.99 Å². The molecule has 120 valence electrons. The predicted octanol–water partition coefficient (Wildman–Crippen LogP) is 3.38. The molecular weight excluding hydrogens is 375 g/mol. The van der Waals surface area contributed by atoms with Gasteiger partial charge in [0, 0.05) is 12.2 Å². The number of nitrogens with one attached hydrogen (secondary N) is 1. The molecule has 0 unspecified atom stereocenters. The number of benzene rings is 1. The number of aryl methyl sites for hydroxylation is 2. The molecule has 0 heterocycles. The van der Waals surface area contributed by atoms with E-state index in [9.17, 15) is 0 Å². The minimum atomic E-state index is 0. The van der Waals surface area contributed by atoms with Crippen LogP contribution in [0.3, 0.4) is 0 Å². The minimum absolute atomic E-state index is 0. The third-order valence-electron chi connectivity index (χ3n) is 3.46. The van der Waals surface area contributed by atoms with Crippen molar-refractivity contribution in [3.63, 3.8) is 0 Å². The average molecular weight is 404 g/mol. The number of nitrogens with two attached hydrogens (primary N) is 1. The highest BCUT2D eigenvalue weighted by Crippen LogP contribution is 2.13. The van der Waals surface area contributed by atoms with Crippen LogP contribution in [0.1, 0.15) is 31.4 Å². The molecule has 0 aromatic heterocycles. The van der Waals surface area contributed by atoms with E-state index >= 15 is 0 Å². The Kier molecular flexibility index (Phi) is 10.4. The molecule has 1 rings (SSSR count). The molecular formula is C16H29IN4. The number of hydrogen-bond donors (Lipinski definition) is 2. The highest BCUT2D eigenvalue weighted by Gasteiger charge is 2.00. The predicted molar refractivity (Wildman–Crippen MR) is 104 cm³/mol. The van der Waals surface area contributed by atoms with Crippen molar-refractivity contribution in [1.29, 1.82) is 0 Å². The molecule has 1 aromatic rings. The molecule has 5 heteroatoms. The molecule has 21 heavy (non-hydrogen) atoms. The van der Waals surface area contributed by atoms with Gasteiger partial charge in [-0.15, -0.1) is 24.0 Å². The second-order valence-electron chi connectivity index (χ2n) is 5.13. The van der Waals surface area contributed by atoms with Crippen molar-refractivity contribution in [1.82, 2.24) is 4.90 Å². The minimum Gasteiger partial charge on any atom is -0.370 e. The Balaban J connectivity index is 0.00000400. The molecule has 0 saturated heterocycles. The maximum absolute atomic E-state index is 5.92. The second kappa shape index (κ2) is 10.8. The maximum Gasteiger partial charge on any atom is 0.193 e. The molecule has 0 atom stereocenters. The Bertz CT molecular complexity index is 446. The first-order valence-electron chi connectivity index (χ1n) is 7.43. The van der Waals surface area contributed by atoms with Crippen LogP contribution in [0.4, 0.5) is 5.69 Å². The molecule has 0 aliphatic heterocycles. The lowest BCUT2D eigenvalue weighted by Crippen LogP contribution is -2.29. The SMILES string of the molecule is CCCN(CC)CCN=C(N)Nc1ccc(C)c(C)c1.I. The van der Waals surface area contributed by atoms with Crippen molar-refractivity contribution >= 4 is 35.6 Å². The Morgan fingerprint density at radius 2 is 1.90 bits per heavy atom. The summed E-state index contributed by atoms with van der Waals surface area (Å²) in [6.07, 6.45) is 1.17. The highest BCUT2D eigenvalue weighted by atomic mass is 127. The second-order valence-corrected chi connectivity index (χ2v) is 5.13. The van der Waals surface area contributed by atoms with Crippen LogP contribution in [-0.4, -0.2) is 37.0 Å². The molecule has 0 saturated carbocycles. The lowest BCUT2D eigenvalue weighted by Gasteiger charge is -2.18. The maximum atomic E-state index is 5.92. The number of halogens is 1. The molecule has 0 spiro atoms. The largest absolute Gasteiger partial charge is 0.370 e. The lowest BCUT2D eigenvalue weighted by atomic mass is 10.1. The fourth-order valence-electron chi connectivity index (χ4n) is 2.06. The van der Waals surface area contributed by atoms with E-state index in [0.29, 0.717) is 5.96 Å². The van der Waals surface area contributed by atoms with E-state index in [1.165, 1.54) is 17.5 Å². The number of rotatable bonds is 7. The van der Waals surface area contributed by atoms with Crippen LogP contribution >= 0.6 is 24.0 Å². The number of nitrogens with zero attached hydrogens (tertiary/aromatic N) is 2. The average Bonchev–Trinajstić information content (AvgIpc) is 2.42. The summed E-state index contributed by atoms with van der Waals surface area (Å²) >= 11 is 0. The van der Waals surface area contributed by atoms with Gasteiger partial charge in [-0.25, -0.2) is 0 Å². The summed E-state index contributed by atoms with van der Waals surface area (Å²) in [6, 6.07) is 6.21. The van der Waals surface area contributed by atoms with Gasteiger partial charge in [0.2, 0.25) is 0 Å². The number of likely N-dealkylation sites (N-methyl/N-ethyl adjacent to an activating group) is 1. The summed E-state index contributed by atoms with van der Waals surface area (Å²) in [4.78, 5) is 6.76. The van der Waals surface area contributed by atoms with Gasteiger partial charge in [0.15, 0.2) is 5.96 Å². The Morgan fingerprint density at radius 3 is 2.48 bits per heavy atom. The first kappa shape index (κ1) is 20.2. The first-order valence-corrected chi connectivity index (χ1v) is 7.43. The summed E-state index contributed by atoms with van der Waals surface area (Å²) in [5, 5.41) is 3.14. The van der Waals surface area contributed by atoms with E-state index in [2.05, 4.69) is 55.0 Å². The van der Waals surface area contributed by atoms with Gasteiger partial charge < -0.3 is 16.0 Å². The summed E-state index contributed by atoms with van der Waals surface area (Å²) < 4.78 is 0. The van der Waals surface area contributed by atoms with Crippen LogP contribution in [0.25, 0.3) is 0 Å². The Labute approximate surface area is 146 Å². The lowest BCUT2D eigenvalue weighted by molar-refractivity contribution is 0.297. The van der Waals surface area contributed by atoms with Crippen LogP contribution in [0, 0.1) is 13.8 Å². The molecule has 0 radical (unpaired) electrons. The molecule has 0 aliphatic rings. The normalized spacial score (nSPS) is 11.4. The van der Waals surface area contributed by atoms with Crippen LogP contribution in [0.15, 0.2) is 23.2 Å². The zero-order chi connectivity index (χ0) is 15.0. The topological polar surface area (TPSA) is 53.6 Å². The number of guanidine groups is 1. The van der Waals surface area contributed by atoms with E-state index in [1.54, 1.807) is 0 Å². The van der Waals surface area contributed by atoms with Crippen molar-refractivity contribution < 1.29 is 0 Å². The van der Waals surface area contributed by atoms with Crippen LogP contribution in [0.2, 0.25) is 0 Å². The number of aliphatic imine (C=N–C) groups is 1. The zero-order valence-electron chi connectivity index (χ0n) is 13.6. The van der Waals surface area contributed by atoms with E-state index in [1.807, 2.05) is 6.07 Å². The Hall–Kier alpha value is -0.820. The van der Waals surface area contributed by atoms with Gasteiger partial charge in [0.05, 0.1) is 6.54 Å². The van der Waals surface area contributed by atoms with Crippen molar-refractivity contribution in [2.24, 2.45) is 10.7 Å². The van der Waals surface area contributed by atoms with Crippen LogP contribution < -0.4 is 11.1 Å². The molecule has 0 aliphatic carbocycles. The number of hydrogen-bond acceptors (Lipinski definition) is 2. The zero-order valence-corrected chi connectivity index (χ0v) is 16.0. The molecule has 4 nitrogen and oxygen atoms in total. The van der Waals surface area contributed by atoms with E-state index in [4.69, 9.17) is 5.73 Å². The molecule has 3 N–H and O–H groups in total. The van der Waals surface area contributed by atoms with E-state index < -0.39 is 0 Å². The highest BCUT2D eigenvalue weighted by molar-refractivity contribution is 14.0. The van der Waals surface area contributed by atoms with Gasteiger partial charge in [-0.2, -0.15) is 0 Å². The van der Waals surface area contributed by atoms with Gasteiger partial charge in [0.1, 0.15) is 0 Å². The monoisotopic (exact) mass is 404 g/mol. The van der Waals surface area contributed by atoms with E-state index in [-0.39, 0.29) is 24.0 Å². The van der Waals surface area contributed by atoms with Gasteiger partial charge >= 0.3 is 0 Å². The molecule has 0 fully saturated rings. The summed E-state index contributed by atoms with van der Waals surface area (Å²) in [6.45, 7) is 12.4. The third-order valence-corrected chi connectivity index (χ3v) is 3.46. The quantitative estimate of drug-likeness (QED) is 0.416. The van der Waals surface area contributed by atoms with Crippen molar-refractivity contribution in [2.45, 2.75) is 34.1 Å². The summed E-state index contributed by atoms with van der Waals surface area (Å²) in [5.41, 5.74) is 9.45. The van der Waals surface area contributed by atoms with Crippen LogP contribution in [-0.2, 0) is 0 Å². The van der Waals surface area contributed by atoms with Crippen molar-refractivity contribution in [3.05, 3.63) is 29.3 Å². The molecule has 0 bridgehead atoms. The summed E-state index contributed by atoms with van der Waals surface area (Å²) in [5.74, 6) is 0.487. The van der Waals surface area contributed by atoms with E-state index in [0.717, 1.165) is 31.9 Å². The Morgan fingerprint density at radius 1 is 1.19 bits per heavy atom. The summed E-state index contributed by atoms with van der Waals surface area (Å²) in [7, 11) is 0.